The number of carbonyl (C=O) groups is 1. The van der Waals surface area contributed by atoms with Crippen LogP contribution in [0.1, 0.15) is 22.2 Å². The Labute approximate surface area is 120 Å². The summed E-state index contributed by atoms with van der Waals surface area (Å²) >= 11 is 7.60. The number of carbonyl (C=O) groups excluding carboxylic acids is 1. The van der Waals surface area contributed by atoms with E-state index in [1.807, 2.05) is 38.1 Å². The number of thiophene rings is 1. The van der Waals surface area contributed by atoms with Crippen LogP contribution in [-0.4, -0.2) is 12.1 Å². The van der Waals surface area contributed by atoms with E-state index in [9.17, 15) is 4.79 Å². The number of hydrogen-bond acceptors (Lipinski definition) is 3. The van der Waals surface area contributed by atoms with Crippen molar-refractivity contribution in [1.29, 1.82) is 0 Å². The quantitative estimate of drug-likeness (QED) is 0.670. The average molecular weight is 293 g/mol. The molecule has 0 aliphatic carbocycles. The van der Waals surface area contributed by atoms with E-state index in [1.165, 1.54) is 17.6 Å². The van der Waals surface area contributed by atoms with Gasteiger partial charge in [-0.1, -0.05) is 29.8 Å². The van der Waals surface area contributed by atoms with Gasteiger partial charge in [0.25, 0.3) is 5.91 Å². The van der Waals surface area contributed by atoms with E-state index in [2.05, 4.69) is 10.5 Å². The molecule has 19 heavy (non-hydrogen) atoms. The molecule has 3 nitrogen and oxygen atoms in total. The van der Waals surface area contributed by atoms with Gasteiger partial charge < -0.3 is 0 Å². The molecule has 0 atom stereocenters. The summed E-state index contributed by atoms with van der Waals surface area (Å²) in [6.07, 6.45) is 5.07. The monoisotopic (exact) mass is 292 g/mol. The number of nitrogens with zero attached hydrogens (tertiary/aromatic N) is 1. The third kappa shape index (κ3) is 3.03. The Morgan fingerprint density at radius 2 is 2.26 bits per heavy atom. The first-order valence-corrected chi connectivity index (χ1v) is 6.96. The van der Waals surface area contributed by atoms with Crippen molar-refractivity contribution in [2.24, 2.45) is 5.10 Å². The first-order valence-electron chi connectivity index (χ1n) is 5.77. The van der Waals surface area contributed by atoms with Crippen molar-refractivity contribution in [1.82, 2.24) is 5.43 Å². The molecule has 0 aliphatic rings. The normalized spacial score (nSPS) is 11.7. The number of allylic oxidation sites excluding steroid dienone is 2. The molecule has 1 amide bonds. The summed E-state index contributed by atoms with van der Waals surface area (Å²) in [6.45, 7) is 3.88. The number of amides is 1. The lowest BCUT2D eigenvalue weighted by Gasteiger charge is -1.95. The first kappa shape index (κ1) is 13.8. The Morgan fingerprint density at radius 1 is 1.47 bits per heavy atom. The molecule has 1 heterocycles. The summed E-state index contributed by atoms with van der Waals surface area (Å²) in [6, 6.07) is 5.93. The van der Waals surface area contributed by atoms with Crippen molar-refractivity contribution in [3.63, 3.8) is 0 Å². The van der Waals surface area contributed by atoms with E-state index in [0.29, 0.717) is 9.90 Å². The highest BCUT2D eigenvalue weighted by atomic mass is 35.5. The number of nitrogens with one attached hydrogen (secondary N) is 1. The third-order valence-corrected chi connectivity index (χ3v) is 4.17. The molecular weight excluding hydrogens is 280 g/mol. The maximum absolute atomic E-state index is 12.0. The van der Waals surface area contributed by atoms with E-state index in [-0.39, 0.29) is 5.91 Å². The molecule has 2 rings (SSSR count). The first-order chi connectivity index (χ1) is 9.13. The highest BCUT2D eigenvalue weighted by Gasteiger charge is 2.16. The predicted molar refractivity (Wildman–Crippen MR) is 82.3 cm³/mol. The van der Waals surface area contributed by atoms with Crippen molar-refractivity contribution in [2.45, 2.75) is 13.8 Å². The predicted octanol–water partition coefficient (Wildman–Crippen LogP) is 4.15. The van der Waals surface area contributed by atoms with Crippen LogP contribution in [0.25, 0.3) is 10.1 Å². The van der Waals surface area contributed by atoms with E-state index in [1.54, 1.807) is 6.08 Å². The van der Waals surface area contributed by atoms with Crippen LogP contribution in [0.3, 0.4) is 0 Å². The summed E-state index contributed by atoms with van der Waals surface area (Å²) < 4.78 is 1.01. The van der Waals surface area contributed by atoms with Gasteiger partial charge in [-0.2, -0.15) is 5.10 Å². The summed E-state index contributed by atoms with van der Waals surface area (Å²) in [4.78, 5) is 12.4. The highest BCUT2D eigenvalue weighted by molar-refractivity contribution is 7.21. The van der Waals surface area contributed by atoms with E-state index in [4.69, 9.17) is 11.6 Å². The minimum atomic E-state index is -0.287. The molecule has 0 fully saturated rings. The van der Waals surface area contributed by atoms with Gasteiger partial charge in [-0.3, -0.25) is 4.79 Å². The molecular formula is C14H13ClN2OS. The number of aryl methyl sites for hydroxylation is 1. The minimum absolute atomic E-state index is 0.287. The van der Waals surface area contributed by atoms with Gasteiger partial charge in [-0.15, -0.1) is 11.3 Å². The van der Waals surface area contributed by atoms with E-state index < -0.39 is 0 Å². The van der Waals surface area contributed by atoms with Crippen molar-refractivity contribution in [3.8, 4) is 0 Å². The zero-order valence-electron chi connectivity index (χ0n) is 10.6. The van der Waals surface area contributed by atoms with Gasteiger partial charge in [0.05, 0.1) is 5.02 Å². The maximum Gasteiger partial charge on any atom is 0.283 e. The zero-order chi connectivity index (χ0) is 13.8. The topological polar surface area (TPSA) is 41.5 Å². The number of fused-ring (bicyclic) bond motifs is 1. The summed E-state index contributed by atoms with van der Waals surface area (Å²) in [5.74, 6) is -0.287. The molecule has 2 aromatic rings. The molecule has 1 aromatic carbocycles. The largest absolute Gasteiger partial charge is 0.283 e. The molecule has 0 saturated carbocycles. The van der Waals surface area contributed by atoms with E-state index in [0.717, 1.165) is 15.6 Å². The van der Waals surface area contributed by atoms with Crippen LogP contribution >= 0.6 is 22.9 Å². The summed E-state index contributed by atoms with van der Waals surface area (Å²) in [7, 11) is 0. The number of hydrazone groups is 1. The summed E-state index contributed by atoms with van der Waals surface area (Å²) in [5.41, 5.74) is 3.60. The molecule has 0 radical (unpaired) electrons. The third-order valence-electron chi connectivity index (χ3n) is 2.51. The fraction of sp³-hybridized carbons (Fsp3) is 0.143. The average Bonchev–Trinajstić information content (AvgIpc) is 2.71. The lowest BCUT2D eigenvalue weighted by atomic mass is 10.2. The zero-order valence-corrected chi connectivity index (χ0v) is 12.2. The number of hydrogen-bond donors (Lipinski definition) is 1. The van der Waals surface area contributed by atoms with Crippen LogP contribution in [0.5, 0.6) is 0 Å². The molecule has 0 saturated heterocycles. The fourth-order valence-corrected chi connectivity index (χ4v) is 3.10. The van der Waals surface area contributed by atoms with Gasteiger partial charge in [-0.25, -0.2) is 5.43 Å². The molecule has 0 aliphatic heterocycles. The van der Waals surface area contributed by atoms with Crippen LogP contribution in [0, 0.1) is 6.92 Å². The Hall–Kier alpha value is -1.65. The van der Waals surface area contributed by atoms with Crippen molar-refractivity contribution < 1.29 is 4.79 Å². The molecule has 1 N–H and O–H groups in total. The van der Waals surface area contributed by atoms with Gasteiger partial charge in [0.15, 0.2) is 0 Å². The van der Waals surface area contributed by atoms with Crippen molar-refractivity contribution in [2.75, 3.05) is 0 Å². The lowest BCUT2D eigenvalue weighted by Crippen LogP contribution is -2.16. The molecule has 0 unspecified atom stereocenters. The minimum Gasteiger partial charge on any atom is -0.266 e. The number of halogens is 1. The Morgan fingerprint density at radius 3 is 3.00 bits per heavy atom. The van der Waals surface area contributed by atoms with Gasteiger partial charge in [0, 0.05) is 16.3 Å². The fourth-order valence-electron chi connectivity index (χ4n) is 1.59. The second-order valence-electron chi connectivity index (χ2n) is 3.99. The molecule has 98 valence electrons. The molecule has 0 bridgehead atoms. The van der Waals surface area contributed by atoms with Crippen LogP contribution in [-0.2, 0) is 0 Å². The van der Waals surface area contributed by atoms with Crippen LogP contribution in [0.4, 0.5) is 0 Å². The maximum atomic E-state index is 12.0. The number of rotatable bonds is 3. The Balaban J connectivity index is 2.29. The van der Waals surface area contributed by atoms with Gasteiger partial charge >= 0.3 is 0 Å². The van der Waals surface area contributed by atoms with Crippen LogP contribution in [0.2, 0.25) is 5.02 Å². The van der Waals surface area contributed by atoms with Crippen LogP contribution in [0.15, 0.2) is 35.5 Å². The molecule has 5 heteroatoms. The Bertz CT molecular complexity index is 673. The van der Waals surface area contributed by atoms with Crippen molar-refractivity contribution >= 4 is 45.1 Å². The van der Waals surface area contributed by atoms with Gasteiger partial charge in [0.2, 0.25) is 0 Å². The molecule has 1 aromatic heterocycles. The van der Waals surface area contributed by atoms with Gasteiger partial charge in [-0.05, 0) is 31.6 Å². The summed E-state index contributed by atoms with van der Waals surface area (Å²) in [5, 5.41) is 5.19. The lowest BCUT2D eigenvalue weighted by molar-refractivity contribution is 0.0959. The number of benzene rings is 1. The second kappa shape index (κ2) is 5.99. The smallest absolute Gasteiger partial charge is 0.266 e. The van der Waals surface area contributed by atoms with Crippen molar-refractivity contribution in [3.05, 3.63) is 45.8 Å². The SMILES string of the molecule is CC=CC=NNC(=O)c1sc2cc(C)ccc2c1Cl. The van der Waals surface area contributed by atoms with Crippen LogP contribution < -0.4 is 5.43 Å². The Kier molecular flexibility index (Phi) is 4.35. The highest BCUT2D eigenvalue weighted by Crippen LogP contribution is 2.35. The van der Waals surface area contributed by atoms with Gasteiger partial charge in [0.1, 0.15) is 4.88 Å². The van der Waals surface area contributed by atoms with E-state index >= 15 is 0 Å². The molecule has 0 spiro atoms. The second-order valence-corrected chi connectivity index (χ2v) is 5.42. The standard InChI is InChI=1S/C14H13ClN2OS/c1-3-4-7-16-17-14(18)13-12(15)10-6-5-9(2)8-11(10)19-13/h3-8H,1-2H3,(H,17,18).